The van der Waals surface area contributed by atoms with Crippen LogP contribution in [0.25, 0.3) is 0 Å². The summed E-state index contributed by atoms with van der Waals surface area (Å²) in [5.41, 5.74) is 0. The highest BCUT2D eigenvalue weighted by molar-refractivity contribution is 7.90. The zero-order valence-electron chi connectivity index (χ0n) is 8.63. The number of hydrogen-bond acceptors (Lipinski definition) is 3. The van der Waals surface area contributed by atoms with Crippen molar-refractivity contribution in [2.24, 2.45) is 0 Å². The van der Waals surface area contributed by atoms with E-state index in [1.807, 2.05) is 6.92 Å². The van der Waals surface area contributed by atoms with Gasteiger partial charge in [0.25, 0.3) is 0 Å². The molecule has 0 aliphatic heterocycles. The van der Waals surface area contributed by atoms with Crippen LogP contribution >= 0.6 is 0 Å². The van der Waals surface area contributed by atoms with Gasteiger partial charge in [-0.1, -0.05) is 13.3 Å². The first-order valence-corrected chi connectivity index (χ1v) is 6.22. The van der Waals surface area contributed by atoms with Gasteiger partial charge in [-0.05, 0) is 20.4 Å². The van der Waals surface area contributed by atoms with E-state index in [4.69, 9.17) is 0 Å². The predicted molar refractivity (Wildman–Crippen MR) is 55.2 cm³/mol. The van der Waals surface area contributed by atoms with Crippen molar-refractivity contribution >= 4 is 10.0 Å². The molecule has 0 amide bonds. The average molecular weight is 208 g/mol. The van der Waals surface area contributed by atoms with Gasteiger partial charge >= 0.3 is 0 Å². The molecule has 0 radical (unpaired) electrons. The number of nitrogens with one attached hydrogen (secondary N) is 2. The van der Waals surface area contributed by atoms with Gasteiger partial charge in [0.1, 0.15) is 0 Å². The summed E-state index contributed by atoms with van der Waals surface area (Å²) in [7, 11) is -1.36. The van der Waals surface area contributed by atoms with Crippen molar-refractivity contribution in [2.75, 3.05) is 20.1 Å². The van der Waals surface area contributed by atoms with Crippen molar-refractivity contribution in [2.45, 2.75) is 31.9 Å². The summed E-state index contributed by atoms with van der Waals surface area (Å²) in [5.74, 6) is 0. The SMILES string of the molecule is CCCCNS(=O)(=O)C(C)CNC. The fourth-order valence-electron chi connectivity index (χ4n) is 0.931. The molecule has 5 heteroatoms. The summed E-state index contributed by atoms with van der Waals surface area (Å²) in [6.45, 7) is 4.77. The number of unbranched alkanes of at least 4 members (excludes halogenated alkanes) is 1. The maximum absolute atomic E-state index is 11.4. The molecule has 0 aromatic rings. The van der Waals surface area contributed by atoms with Gasteiger partial charge < -0.3 is 5.32 Å². The van der Waals surface area contributed by atoms with Crippen molar-refractivity contribution in [3.63, 3.8) is 0 Å². The van der Waals surface area contributed by atoms with Gasteiger partial charge in [0.05, 0.1) is 5.25 Å². The molecule has 0 saturated carbocycles. The minimum atomic E-state index is -3.11. The average Bonchev–Trinajstić information content (AvgIpc) is 2.05. The van der Waals surface area contributed by atoms with Gasteiger partial charge in [-0.25, -0.2) is 13.1 Å². The maximum atomic E-state index is 11.4. The standard InChI is InChI=1S/C8H20N2O2S/c1-4-5-6-10-13(11,12)8(2)7-9-3/h8-10H,4-7H2,1-3H3. The maximum Gasteiger partial charge on any atom is 0.215 e. The molecular formula is C8H20N2O2S. The van der Waals surface area contributed by atoms with E-state index >= 15 is 0 Å². The fourth-order valence-corrected chi connectivity index (χ4v) is 2.03. The molecule has 0 aromatic heterocycles. The van der Waals surface area contributed by atoms with Crippen molar-refractivity contribution < 1.29 is 8.42 Å². The molecule has 0 rings (SSSR count). The van der Waals surface area contributed by atoms with Crippen LogP contribution in [0.3, 0.4) is 0 Å². The van der Waals surface area contributed by atoms with E-state index in [1.54, 1.807) is 14.0 Å². The van der Waals surface area contributed by atoms with Crippen LogP contribution in [-0.4, -0.2) is 33.8 Å². The summed E-state index contributed by atoms with van der Waals surface area (Å²) < 4.78 is 25.5. The summed E-state index contributed by atoms with van der Waals surface area (Å²) in [6.07, 6.45) is 1.90. The lowest BCUT2D eigenvalue weighted by Crippen LogP contribution is -2.38. The Bertz CT molecular complexity index is 214. The lowest BCUT2D eigenvalue weighted by molar-refractivity contribution is 0.561. The Balaban J connectivity index is 3.92. The summed E-state index contributed by atoms with van der Waals surface area (Å²) in [5, 5.41) is 2.48. The first-order valence-electron chi connectivity index (χ1n) is 4.67. The lowest BCUT2D eigenvalue weighted by atomic mass is 10.3. The quantitative estimate of drug-likeness (QED) is 0.592. The zero-order valence-corrected chi connectivity index (χ0v) is 9.45. The van der Waals surface area contributed by atoms with E-state index in [-0.39, 0.29) is 5.25 Å². The van der Waals surface area contributed by atoms with E-state index in [1.165, 1.54) is 0 Å². The monoisotopic (exact) mass is 208 g/mol. The second-order valence-electron chi connectivity index (χ2n) is 3.16. The third kappa shape index (κ3) is 5.23. The molecule has 0 saturated heterocycles. The molecule has 4 nitrogen and oxygen atoms in total. The molecule has 2 N–H and O–H groups in total. The Morgan fingerprint density at radius 2 is 2.00 bits per heavy atom. The second kappa shape index (κ2) is 6.34. The van der Waals surface area contributed by atoms with Crippen LogP contribution in [-0.2, 0) is 10.0 Å². The molecular weight excluding hydrogens is 188 g/mol. The van der Waals surface area contributed by atoms with Crippen molar-refractivity contribution in [3.05, 3.63) is 0 Å². The van der Waals surface area contributed by atoms with Gasteiger partial charge in [-0.3, -0.25) is 0 Å². The minimum absolute atomic E-state index is 0.366. The van der Waals surface area contributed by atoms with Crippen molar-refractivity contribution in [1.29, 1.82) is 0 Å². The lowest BCUT2D eigenvalue weighted by Gasteiger charge is -2.12. The number of hydrogen-bond donors (Lipinski definition) is 2. The van der Waals surface area contributed by atoms with Crippen LogP contribution in [0.1, 0.15) is 26.7 Å². The third-order valence-corrected chi connectivity index (χ3v) is 3.69. The van der Waals surface area contributed by atoms with E-state index in [2.05, 4.69) is 10.0 Å². The van der Waals surface area contributed by atoms with E-state index in [9.17, 15) is 8.42 Å². The molecule has 0 aliphatic rings. The second-order valence-corrected chi connectivity index (χ2v) is 5.34. The molecule has 80 valence electrons. The smallest absolute Gasteiger partial charge is 0.215 e. The van der Waals surface area contributed by atoms with Gasteiger partial charge in [0.15, 0.2) is 0 Å². The Labute approximate surface area is 81.2 Å². The van der Waals surface area contributed by atoms with Gasteiger partial charge in [0, 0.05) is 13.1 Å². The molecule has 13 heavy (non-hydrogen) atoms. The topological polar surface area (TPSA) is 58.2 Å². The van der Waals surface area contributed by atoms with Crippen LogP contribution in [0.2, 0.25) is 0 Å². The van der Waals surface area contributed by atoms with Gasteiger partial charge in [0.2, 0.25) is 10.0 Å². The third-order valence-electron chi connectivity index (χ3n) is 1.85. The normalized spacial score (nSPS) is 14.4. The molecule has 0 aliphatic carbocycles. The highest BCUT2D eigenvalue weighted by Gasteiger charge is 2.18. The minimum Gasteiger partial charge on any atom is -0.318 e. The number of sulfonamides is 1. The van der Waals surface area contributed by atoms with E-state index in [0.29, 0.717) is 13.1 Å². The van der Waals surface area contributed by atoms with Crippen molar-refractivity contribution in [1.82, 2.24) is 10.0 Å². The summed E-state index contributed by atoms with van der Waals surface area (Å²) in [4.78, 5) is 0. The predicted octanol–water partition coefficient (Wildman–Crippen LogP) is 0.314. The Morgan fingerprint density at radius 1 is 1.38 bits per heavy atom. The molecule has 0 aromatic carbocycles. The zero-order chi connectivity index (χ0) is 10.3. The first kappa shape index (κ1) is 12.9. The summed E-state index contributed by atoms with van der Waals surface area (Å²) >= 11 is 0. The summed E-state index contributed by atoms with van der Waals surface area (Å²) in [6, 6.07) is 0. The van der Waals surface area contributed by atoms with Crippen molar-refractivity contribution in [3.8, 4) is 0 Å². The van der Waals surface area contributed by atoms with Crippen LogP contribution in [0.5, 0.6) is 0 Å². The highest BCUT2D eigenvalue weighted by Crippen LogP contribution is 1.96. The molecule has 1 atom stereocenters. The van der Waals surface area contributed by atoms with Gasteiger partial charge in [-0.2, -0.15) is 0 Å². The fraction of sp³-hybridized carbons (Fsp3) is 1.00. The van der Waals surface area contributed by atoms with Crippen LogP contribution in [0.4, 0.5) is 0 Å². The van der Waals surface area contributed by atoms with E-state index < -0.39 is 10.0 Å². The Kier molecular flexibility index (Phi) is 6.28. The van der Waals surface area contributed by atoms with Crippen LogP contribution in [0.15, 0.2) is 0 Å². The van der Waals surface area contributed by atoms with E-state index in [0.717, 1.165) is 12.8 Å². The Morgan fingerprint density at radius 3 is 2.46 bits per heavy atom. The van der Waals surface area contributed by atoms with Crippen LogP contribution in [0, 0.1) is 0 Å². The first-order chi connectivity index (χ1) is 6.04. The Hall–Kier alpha value is -0.130. The van der Waals surface area contributed by atoms with Gasteiger partial charge in [-0.15, -0.1) is 0 Å². The largest absolute Gasteiger partial charge is 0.318 e. The number of rotatable bonds is 7. The molecule has 0 heterocycles. The molecule has 0 spiro atoms. The highest BCUT2D eigenvalue weighted by atomic mass is 32.2. The molecule has 1 unspecified atom stereocenters. The molecule has 0 fully saturated rings. The van der Waals surface area contributed by atoms with Crippen LogP contribution < -0.4 is 10.0 Å². The molecule has 0 bridgehead atoms.